The van der Waals surface area contributed by atoms with Crippen LogP contribution in [0.4, 0.5) is 0 Å². The van der Waals surface area contributed by atoms with Crippen LogP contribution in [0.1, 0.15) is 12.5 Å². The summed E-state index contributed by atoms with van der Waals surface area (Å²) >= 11 is 6.20. The lowest BCUT2D eigenvalue weighted by Gasteiger charge is -2.16. The number of halogens is 1. The molecule has 0 amide bonds. The van der Waals surface area contributed by atoms with Crippen LogP contribution in [0, 0.1) is 5.92 Å². The molecule has 1 aliphatic rings. The summed E-state index contributed by atoms with van der Waals surface area (Å²) in [6.07, 6.45) is 1.83. The number of nitrogens with two attached hydrogens (primary N) is 1. The summed E-state index contributed by atoms with van der Waals surface area (Å²) in [5.41, 5.74) is 8.31. The summed E-state index contributed by atoms with van der Waals surface area (Å²) in [6.45, 7) is 5.06. The molecule has 0 spiro atoms. The predicted molar refractivity (Wildman–Crippen MR) is 79.2 cm³/mol. The Labute approximate surface area is 118 Å². The van der Waals surface area contributed by atoms with Gasteiger partial charge in [0.2, 0.25) is 0 Å². The maximum absolute atomic E-state index is 6.20. The van der Waals surface area contributed by atoms with Gasteiger partial charge in [0.1, 0.15) is 0 Å². The summed E-state index contributed by atoms with van der Waals surface area (Å²) in [5, 5.41) is 1.87. The van der Waals surface area contributed by atoms with Crippen LogP contribution in [-0.2, 0) is 6.54 Å². The molecule has 3 nitrogen and oxygen atoms in total. The van der Waals surface area contributed by atoms with Crippen molar-refractivity contribution in [1.82, 2.24) is 9.88 Å². The number of nitrogens with zero attached hydrogens (tertiary/aromatic N) is 2. The van der Waals surface area contributed by atoms with E-state index in [4.69, 9.17) is 17.3 Å². The van der Waals surface area contributed by atoms with E-state index in [0.717, 1.165) is 35.6 Å². The highest BCUT2D eigenvalue weighted by Gasteiger charge is 2.26. The fraction of sp³-hybridized carbons (Fsp3) is 0.400. The molecule has 3 rings (SSSR count). The van der Waals surface area contributed by atoms with Gasteiger partial charge in [-0.15, -0.1) is 0 Å². The minimum atomic E-state index is 0.276. The third-order valence-electron chi connectivity index (χ3n) is 3.89. The van der Waals surface area contributed by atoms with E-state index >= 15 is 0 Å². The highest BCUT2D eigenvalue weighted by atomic mass is 35.5. The van der Waals surface area contributed by atoms with Crippen molar-refractivity contribution in [2.24, 2.45) is 11.7 Å². The molecule has 2 atom stereocenters. The quantitative estimate of drug-likeness (QED) is 0.916. The van der Waals surface area contributed by atoms with Crippen molar-refractivity contribution in [3.8, 4) is 0 Å². The summed E-state index contributed by atoms with van der Waals surface area (Å²) < 4.78 is 0. The summed E-state index contributed by atoms with van der Waals surface area (Å²) in [7, 11) is 0. The molecular weight excluding hydrogens is 258 g/mol. The molecule has 2 aromatic rings. The zero-order chi connectivity index (χ0) is 13.4. The third kappa shape index (κ3) is 2.59. The topological polar surface area (TPSA) is 42.2 Å². The van der Waals surface area contributed by atoms with Gasteiger partial charge < -0.3 is 5.73 Å². The summed E-state index contributed by atoms with van der Waals surface area (Å²) in [6, 6.07) is 8.25. The van der Waals surface area contributed by atoms with Crippen molar-refractivity contribution in [1.29, 1.82) is 0 Å². The summed E-state index contributed by atoms with van der Waals surface area (Å²) in [4.78, 5) is 6.87. The second kappa shape index (κ2) is 5.08. The van der Waals surface area contributed by atoms with E-state index in [-0.39, 0.29) is 6.04 Å². The van der Waals surface area contributed by atoms with E-state index in [2.05, 4.69) is 22.9 Å². The van der Waals surface area contributed by atoms with Crippen molar-refractivity contribution in [3.63, 3.8) is 0 Å². The first kappa shape index (κ1) is 12.9. The maximum Gasteiger partial charge on any atom is 0.0747 e. The largest absolute Gasteiger partial charge is 0.326 e. The Morgan fingerprint density at radius 3 is 3.00 bits per heavy atom. The lowest BCUT2D eigenvalue weighted by molar-refractivity contribution is 0.320. The van der Waals surface area contributed by atoms with E-state index < -0.39 is 0 Å². The van der Waals surface area contributed by atoms with Crippen molar-refractivity contribution in [2.75, 3.05) is 13.1 Å². The molecule has 2 N–H and O–H groups in total. The maximum atomic E-state index is 6.20. The molecule has 0 saturated carbocycles. The first-order chi connectivity index (χ1) is 9.13. The lowest BCUT2D eigenvalue weighted by Crippen LogP contribution is -2.28. The Morgan fingerprint density at radius 1 is 1.42 bits per heavy atom. The van der Waals surface area contributed by atoms with Crippen LogP contribution < -0.4 is 5.73 Å². The van der Waals surface area contributed by atoms with Gasteiger partial charge in [0, 0.05) is 42.3 Å². The number of aromatic nitrogens is 1. The smallest absolute Gasteiger partial charge is 0.0747 e. The van der Waals surface area contributed by atoms with Crippen molar-refractivity contribution in [2.45, 2.75) is 19.5 Å². The van der Waals surface area contributed by atoms with Gasteiger partial charge in [-0.1, -0.05) is 24.6 Å². The van der Waals surface area contributed by atoms with Gasteiger partial charge in [-0.25, -0.2) is 0 Å². The monoisotopic (exact) mass is 275 g/mol. The minimum absolute atomic E-state index is 0.276. The van der Waals surface area contributed by atoms with Crippen molar-refractivity contribution < 1.29 is 0 Å². The third-order valence-corrected chi connectivity index (χ3v) is 4.11. The molecule has 1 aliphatic heterocycles. The lowest BCUT2D eigenvalue weighted by atomic mass is 10.1. The number of likely N-dealkylation sites (tertiary alicyclic amines) is 1. The zero-order valence-corrected chi connectivity index (χ0v) is 11.8. The van der Waals surface area contributed by atoms with Crippen molar-refractivity contribution >= 4 is 22.5 Å². The van der Waals surface area contributed by atoms with Crippen LogP contribution >= 0.6 is 11.6 Å². The van der Waals surface area contributed by atoms with E-state index in [1.54, 1.807) is 0 Å². The Bertz CT molecular complexity index is 589. The number of rotatable bonds is 2. The zero-order valence-electron chi connectivity index (χ0n) is 11.0. The van der Waals surface area contributed by atoms with E-state index in [0.29, 0.717) is 5.92 Å². The SMILES string of the molecule is CC1CN(Cc2cc(Cl)cc3cccnc23)CC1N. The highest BCUT2D eigenvalue weighted by molar-refractivity contribution is 6.31. The van der Waals surface area contributed by atoms with Crippen LogP contribution in [0.3, 0.4) is 0 Å². The van der Waals surface area contributed by atoms with Crippen LogP contribution in [0.5, 0.6) is 0 Å². The predicted octanol–water partition coefficient (Wildman–Crippen LogP) is 2.67. The van der Waals surface area contributed by atoms with Gasteiger partial charge in [0.05, 0.1) is 5.52 Å². The number of fused-ring (bicyclic) bond motifs is 1. The number of hydrogen-bond acceptors (Lipinski definition) is 3. The van der Waals surface area contributed by atoms with Crippen molar-refractivity contribution in [3.05, 3.63) is 41.0 Å². The second-order valence-corrected chi connectivity index (χ2v) is 5.91. The van der Waals surface area contributed by atoms with Gasteiger partial charge >= 0.3 is 0 Å². The van der Waals surface area contributed by atoms with Gasteiger partial charge in [0.25, 0.3) is 0 Å². The summed E-state index contributed by atoms with van der Waals surface area (Å²) in [5.74, 6) is 0.554. The Morgan fingerprint density at radius 2 is 2.26 bits per heavy atom. The molecular formula is C15H18ClN3. The van der Waals surface area contributed by atoms with Crippen LogP contribution in [0.2, 0.25) is 5.02 Å². The fourth-order valence-corrected chi connectivity index (χ4v) is 3.06. The molecule has 1 fully saturated rings. The standard InChI is InChI=1S/C15H18ClN3/c1-10-7-19(9-14(10)17)8-12-6-13(16)5-11-3-2-4-18-15(11)12/h2-6,10,14H,7-9,17H2,1H3. The molecule has 1 aromatic heterocycles. The Hall–Kier alpha value is -1.16. The number of hydrogen-bond donors (Lipinski definition) is 1. The molecule has 1 saturated heterocycles. The van der Waals surface area contributed by atoms with E-state index in [1.165, 1.54) is 5.56 Å². The average Bonchev–Trinajstić information content (AvgIpc) is 2.68. The first-order valence-electron chi connectivity index (χ1n) is 6.64. The second-order valence-electron chi connectivity index (χ2n) is 5.48. The molecule has 0 radical (unpaired) electrons. The number of pyridine rings is 1. The van der Waals surface area contributed by atoms with Gasteiger partial charge in [-0.05, 0) is 29.7 Å². The molecule has 4 heteroatoms. The average molecular weight is 276 g/mol. The minimum Gasteiger partial charge on any atom is -0.326 e. The van der Waals surface area contributed by atoms with Gasteiger partial charge in [-0.3, -0.25) is 9.88 Å². The normalized spacial score (nSPS) is 24.2. The van der Waals surface area contributed by atoms with E-state index in [1.807, 2.05) is 24.4 Å². The molecule has 2 heterocycles. The van der Waals surface area contributed by atoms with Crippen LogP contribution in [0.25, 0.3) is 10.9 Å². The Balaban J connectivity index is 1.92. The molecule has 100 valence electrons. The first-order valence-corrected chi connectivity index (χ1v) is 7.02. The molecule has 0 bridgehead atoms. The highest BCUT2D eigenvalue weighted by Crippen LogP contribution is 2.25. The van der Waals surface area contributed by atoms with Crippen LogP contribution in [0.15, 0.2) is 30.5 Å². The molecule has 1 aromatic carbocycles. The van der Waals surface area contributed by atoms with Crippen LogP contribution in [-0.4, -0.2) is 29.0 Å². The molecule has 0 aliphatic carbocycles. The fourth-order valence-electron chi connectivity index (χ4n) is 2.81. The molecule has 19 heavy (non-hydrogen) atoms. The Kier molecular flexibility index (Phi) is 3.44. The molecule has 2 unspecified atom stereocenters. The number of benzene rings is 1. The van der Waals surface area contributed by atoms with Gasteiger partial charge in [0.15, 0.2) is 0 Å². The van der Waals surface area contributed by atoms with E-state index in [9.17, 15) is 0 Å². The van der Waals surface area contributed by atoms with Gasteiger partial charge in [-0.2, -0.15) is 0 Å².